The lowest BCUT2D eigenvalue weighted by molar-refractivity contribution is 0.0817. The van der Waals surface area contributed by atoms with Crippen molar-refractivity contribution in [3.63, 3.8) is 0 Å². The number of nitrogen functional groups attached to an aromatic ring is 1. The molecule has 0 atom stereocenters. The Morgan fingerprint density at radius 1 is 0.361 bits per heavy atom. The Morgan fingerprint density at radius 3 is 1.04 bits per heavy atom. The van der Waals surface area contributed by atoms with Crippen LogP contribution in [0.2, 0.25) is 0 Å². The number of likely N-dealkylation sites (tertiary alicyclic amines) is 3. The average molecular weight is 1670 g/mol. The van der Waals surface area contributed by atoms with Crippen LogP contribution in [-0.2, 0) is 19.6 Å². The van der Waals surface area contributed by atoms with Gasteiger partial charge in [-0.15, -0.1) is 54.4 Å². The Labute approximate surface area is 712 Å². The second kappa shape index (κ2) is 37.7. The second-order valence-electron chi connectivity index (χ2n) is 30.1. The molecule has 0 aliphatic carbocycles. The minimum atomic E-state index is -0.488. The standard InChI is InChI=1S/2C31H27N7OS.C27H25N3O3.C4H5N3OS/c39-31-33-25-8-4-5-9-26(25)38(31)24-14-16-37(17-15-24)19-21-10-12-23(13-11-21)28-29(22-6-2-1-3-7-22)35-36-30(34-28)27-18-32-20-40-27;39-31-33-25-8-4-5-9-26(25)38(31)24-14-16-37(17-15-24)19-21-10-12-23(13-11-21)29-28(22-6-2-1-3-7-22)34-30(36-35-29)27-18-32-20-40-27;31-25(20-6-2-1-3-7-20)26(32)21-12-10-19(11-13-21)18-29-16-14-22(15-17-29)30-24-9-5-4-8-23(24)28-27(30)33;5-7-4(8)3-1-6-2-9-3/h2*1-13,18,20,24H,14-17,19H2,(H,33,39);1-13,22H,14-18H2,(H,28,33);1-2H,5H2,(H,7,8). The number of rotatable bonds is 19. The fourth-order valence-corrected chi connectivity index (χ4v) is 17.8. The number of hydrogen-bond donors (Lipinski definition) is 5. The number of hydrogen-bond acceptors (Lipinski definition) is 22. The zero-order valence-electron chi connectivity index (χ0n) is 66.3. The smallest absolute Gasteiger partial charge is 0.306 e. The van der Waals surface area contributed by atoms with E-state index in [-0.39, 0.29) is 41.1 Å². The molecule has 0 unspecified atom stereocenters. The maximum absolute atomic E-state index is 12.6. The van der Waals surface area contributed by atoms with Crippen molar-refractivity contribution < 1.29 is 14.4 Å². The number of carbonyl (C=O) groups excluding carboxylic acids is 3. The molecule has 0 spiro atoms. The lowest BCUT2D eigenvalue weighted by Crippen LogP contribution is -2.36. The number of fused-ring (bicyclic) bond motifs is 3. The number of amides is 1. The number of benzene rings is 9. The number of ketones is 2. The van der Waals surface area contributed by atoms with E-state index in [9.17, 15) is 28.8 Å². The number of Topliss-reactive ketones (excluding diaryl/α,β-unsaturated/α-hetero) is 2. The highest BCUT2D eigenvalue weighted by molar-refractivity contribution is 7.13. The van der Waals surface area contributed by atoms with Crippen LogP contribution in [-0.4, -0.2) is 145 Å². The number of H-pyrrole nitrogens is 3. The highest BCUT2D eigenvalue weighted by atomic mass is 32.1. The van der Waals surface area contributed by atoms with Gasteiger partial charge in [-0.25, -0.2) is 30.2 Å². The summed E-state index contributed by atoms with van der Waals surface area (Å²) in [5.41, 5.74) is 24.2. The minimum Gasteiger partial charge on any atom is -0.306 e. The summed E-state index contributed by atoms with van der Waals surface area (Å²) in [4.78, 5) is 114. The summed E-state index contributed by atoms with van der Waals surface area (Å²) >= 11 is 4.26. The van der Waals surface area contributed by atoms with Crippen LogP contribution in [0.1, 0.15) is 104 Å². The van der Waals surface area contributed by atoms with Crippen molar-refractivity contribution in [1.82, 2.24) is 94.1 Å². The first-order valence-electron chi connectivity index (χ1n) is 40.3. The number of nitrogens with zero attached hydrogens (tertiary/aromatic N) is 15. The zero-order chi connectivity index (χ0) is 83.3. The van der Waals surface area contributed by atoms with Crippen LogP contribution in [0.25, 0.3) is 99.5 Å². The van der Waals surface area contributed by atoms with E-state index in [0.29, 0.717) is 27.7 Å². The number of para-hydroxylation sites is 6. The summed E-state index contributed by atoms with van der Waals surface area (Å²) in [7, 11) is 0. The Kier molecular flexibility index (Phi) is 25.0. The summed E-state index contributed by atoms with van der Waals surface area (Å²) in [6.45, 7) is 8.10. The molecular formula is C93H84N20O6S3. The third-order valence-corrected chi connectivity index (χ3v) is 24.6. The second-order valence-corrected chi connectivity index (χ2v) is 32.7. The molecule has 11 heterocycles. The maximum Gasteiger partial charge on any atom is 0.326 e. The number of imidazole rings is 3. The topological polar surface area (TPSA) is 328 Å². The van der Waals surface area contributed by atoms with E-state index in [2.05, 4.69) is 114 Å². The molecule has 0 saturated carbocycles. The van der Waals surface area contributed by atoms with Crippen LogP contribution in [0.4, 0.5) is 0 Å². The van der Waals surface area contributed by atoms with Gasteiger partial charge in [0.25, 0.3) is 5.91 Å². The molecule has 20 rings (SSSR count). The molecule has 1 amide bonds. The van der Waals surface area contributed by atoms with E-state index in [1.165, 1.54) is 51.3 Å². The van der Waals surface area contributed by atoms with Crippen LogP contribution in [0.3, 0.4) is 0 Å². The van der Waals surface area contributed by atoms with E-state index in [4.69, 9.17) is 15.8 Å². The number of thiazole rings is 3. The molecule has 122 heavy (non-hydrogen) atoms. The van der Waals surface area contributed by atoms with Gasteiger partial charge in [0.1, 0.15) is 27.7 Å². The van der Waals surface area contributed by atoms with Gasteiger partial charge >= 0.3 is 17.1 Å². The lowest BCUT2D eigenvalue weighted by Gasteiger charge is -2.32. The fraction of sp³-hybridized carbons (Fsp3) is 0.194. The Bertz CT molecular complexity index is 6600. The van der Waals surface area contributed by atoms with Crippen molar-refractivity contribution in [3.8, 4) is 66.4 Å². The largest absolute Gasteiger partial charge is 0.326 e. The van der Waals surface area contributed by atoms with Crippen LogP contribution >= 0.6 is 34.0 Å². The molecule has 0 bridgehead atoms. The molecular weight excluding hydrogens is 1590 g/mol. The molecule has 6 N–H and O–H groups in total. The van der Waals surface area contributed by atoms with Crippen LogP contribution < -0.4 is 28.3 Å². The Hall–Kier alpha value is -13.7. The Morgan fingerprint density at radius 2 is 0.680 bits per heavy atom. The molecule has 17 aromatic rings. The summed E-state index contributed by atoms with van der Waals surface area (Å²) < 4.78 is 5.79. The van der Waals surface area contributed by atoms with E-state index in [0.717, 1.165) is 191 Å². The van der Waals surface area contributed by atoms with E-state index < -0.39 is 11.6 Å². The number of hydrazine groups is 1. The first kappa shape index (κ1) is 80.7. The third kappa shape index (κ3) is 18.5. The Balaban J connectivity index is 0.000000124. The van der Waals surface area contributed by atoms with Crippen molar-refractivity contribution in [2.75, 3.05) is 39.3 Å². The first-order valence-corrected chi connectivity index (χ1v) is 43.0. The van der Waals surface area contributed by atoms with Gasteiger partial charge < -0.3 is 15.0 Å². The van der Waals surface area contributed by atoms with Gasteiger partial charge in [0.15, 0.2) is 11.6 Å². The zero-order valence-corrected chi connectivity index (χ0v) is 68.7. The molecule has 3 aliphatic heterocycles. The van der Waals surface area contributed by atoms with E-state index in [1.807, 2.05) is 171 Å². The van der Waals surface area contributed by atoms with Crippen LogP contribution in [0.15, 0.2) is 286 Å². The van der Waals surface area contributed by atoms with E-state index >= 15 is 0 Å². The summed E-state index contributed by atoms with van der Waals surface area (Å²) in [5.74, 6) is 4.74. The molecule has 29 heteroatoms. The SMILES string of the molecule is NNC(=O)c1cncs1.O=C(C(=O)c1ccc(CN2CCC(n3c(=O)[nH]c4ccccc43)CC2)cc1)c1ccccc1.O=c1[nH]c2ccccc2n1C1CCN(Cc2ccc(-c3nc(-c4cncs4)nnc3-c3ccccc3)cc2)CC1.O=c1[nH]c2ccccc2n1C1CCN(Cc2ccc(-c3nnc(-c4cncs4)nc3-c3ccccc3)cc2)CC1. The van der Waals surface area contributed by atoms with Gasteiger partial charge in [-0.1, -0.05) is 200 Å². The number of aromatic nitrogens is 15. The quantitative estimate of drug-likeness (QED) is 0.0165. The van der Waals surface area contributed by atoms with Gasteiger partial charge in [-0.2, -0.15) is 0 Å². The number of aromatic amines is 3. The van der Waals surface area contributed by atoms with Gasteiger partial charge in [0, 0.05) is 123 Å². The van der Waals surface area contributed by atoms with Gasteiger partial charge in [0.2, 0.25) is 11.6 Å². The van der Waals surface area contributed by atoms with Crippen molar-refractivity contribution >= 4 is 84.6 Å². The summed E-state index contributed by atoms with van der Waals surface area (Å²) in [5, 5.41) is 18.0. The number of nitrogens with two attached hydrogens (primary N) is 1. The first-order chi connectivity index (χ1) is 59.9. The fourth-order valence-electron chi connectivity index (χ4n) is 16.1. The van der Waals surface area contributed by atoms with E-state index in [1.54, 1.807) is 65.3 Å². The van der Waals surface area contributed by atoms with Crippen molar-refractivity contribution in [3.05, 3.63) is 336 Å². The average Bonchev–Trinajstić information content (AvgIpc) is 1.68. The molecule has 8 aromatic heterocycles. The summed E-state index contributed by atoms with van der Waals surface area (Å²) in [6.07, 6.45) is 10.6. The summed E-state index contributed by atoms with van der Waals surface area (Å²) in [6, 6.07) is 77.6. The van der Waals surface area contributed by atoms with Crippen LogP contribution in [0, 0.1) is 0 Å². The third-order valence-electron chi connectivity index (χ3n) is 22.3. The van der Waals surface area contributed by atoms with Gasteiger partial charge in [0.05, 0.1) is 65.6 Å². The molecule has 3 aliphatic rings. The lowest BCUT2D eigenvalue weighted by atomic mass is 10.00. The molecule has 0 radical (unpaired) electrons. The maximum atomic E-state index is 12.6. The highest BCUT2D eigenvalue weighted by Gasteiger charge is 2.29. The van der Waals surface area contributed by atoms with Crippen LogP contribution in [0.5, 0.6) is 0 Å². The van der Waals surface area contributed by atoms with Crippen molar-refractivity contribution in [2.24, 2.45) is 5.84 Å². The highest BCUT2D eigenvalue weighted by Crippen LogP contribution is 2.36. The molecule has 26 nitrogen and oxygen atoms in total. The number of nitrogens with one attached hydrogen (secondary N) is 4. The number of piperidine rings is 3. The minimum absolute atomic E-state index is 0.0113. The number of carbonyl (C=O) groups is 3. The van der Waals surface area contributed by atoms with Crippen molar-refractivity contribution in [1.29, 1.82) is 0 Å². The molecule has 3 fully saturated rings. The molecule has 3 saturated heterocycles. The monoisotopic (exact) mass is 1670 g/mol. The van der Waals surface area contributed by atoms with Crippen molar-refractivity contribution in [2.45, 2.75) is 76.3 Å². The molecule has 610 valence electrons. The predicted octanol–water partition coefficient (Wildman–Crippen LogP) is 15.6. The predicted molar refractivity (Wildman–Crippen MR) is 477 cm³/mol. The normalized spacial score (nSPS) is 14.3. The van der Waals surface area contributed by atoms with Gasteiger partial charge in [-0.3, -0.25) is 63.2 Å². The van der Waals surface area contributed by atoms with Gasteiger partial charge in [-0.05, 0) is 91.6 Å². The molecule has 9 aromatic carbocycles.